The predicted octanol–water partition coefficient (Wildman–Crippen LogP) is 1.28. The van der Waals surface area contributed by atoms with E-state index in [-0.39, 0.29) is 12.5 Å². The van der Waals surface area contributed by atoms with Crippen LogP contribution >= 0.6 is 11.3 Å². The Morgan fingerprint density at radius 3 is 2.81 bits per heavy atom. The minimum absolute atomic E-state index is 0.0349. The van der Waals surface area contributed by atoms with E-state index >= 15 is 0 Å². The fraction of sp³-hybridized carbons (Fsp3) is 0.462. The number of thiophene rings is 1. The quantitative estimate of drug-likeness (QED) is 0.617. The lowest BCUT2D eigenvalue weighted by atomic mass is 10.3. The second-order valence-corrected chi connectivity index (χ2v) is 5.76. The van der Waals surface area contributed by atoms with Crippen molar-refractivity contribution in [2.75, 3.05) is 37.5 Å². The molecule has 0 spiro atoms. The number of nitrogen functional groups attached to an aromatic ring is 1. The summed E-state index contributed by atoms with van der Waals surface area (Å²) in [6.07, 6.45) is 0.918. The van der Waals surface area contributed by atoms with Crippen LogP contribution in [-0.2, 0) is 4.79 Å². The van der Waals surface area contributed by atoms with Gasteiger partial charge in [0.25, 0.3) is 0 Å². The van der Waals surface area contributed by atoms with Crippen molar-refractivity contribution in [2.45, 2.75) is 13.3 Å². The first-order valence-electron chi connectivity index (χ1n) is 6.73. The van der Waals surface area contributed by atoms with Crippen molar-refractivity contribution in [2.24, 2.45) is 5.84 Å². The number of amides is 1. The van der Waals surface area contributed by atoms with Crippen molar-refractivity contribution in [1.82, 2.24) is 14.9 Å². The molecule has 0 saturated heterocycles. The summed E-state index contributed by atoms with van der Waals surface area (Å²) in [6, 6.07) is 1.97. The number of carbonyl (C=O) groups is 1. The average molecular weight is 308 g/mol. The van der Waals surface area contributed by atoms with Crippen molar-refractivity contribution in [1.29, 1.82) is 0 Å². The SMILES string of the molecule is CCCN(CC(=O)N(C)C)c1nc(NN)nc2sccc12. The van der Waals surface area contributed by atoms with E-state index in [1.165, 1.54) is 11.3 Å². The molecule has 2 rings (SSSR count). The van der Waals surface area contributed by atoms with Gasteiger partial charge in [0, 0.05) is 20.6 Å². The number of hydrogen-bond acceptors (Lipinski definition) is 7. The molecule has 7 nitrogen and oxygen atoms in total. The Morgan fingerprint density at radius 1 is 1.43 bits per heavy atom. The molecule has 2 aromatic rings. The zero-order valence-electron chi connectivity index (χ0n) is 12.5. The standard InChI is InChI=1S/C13H20N6OS/c1-4-6-19(8-10(20)18(2)3)11-9-5-7-21-12(9)16-13(15-11)17-14/h5,7H,4,6,8,14H2,1-3H3,(H,15,16,17). The molecule has 0 atom stereocenters. The highest BCUT2D eigenvalue weighted by Gasteiger charge is 2.18. The highest BCUT2D eigenvalue weighted by Crippen LogP contribution is 2.29. The van der Waals surface area contributed by atoms with E-state index in [1.807, 2.05) is 16.3 Å². The van der Waals surface area contributed by atoms with Crippen molar-refractivity contribution in [3.05, 3.63) is 11.4 Å². The molecule has 0 aliphatic rings. The molecule has 1 amide bonds. The minimum Gasteiger partial charge on any atom is -0.347 e. The maximum absolute atomic E-state index is 12.0. The van der Waals surface area contributed by atoms with Gasteiger partial charge in [0.05, 0.1) is 11.9 Å². The molecule has 21 heavy (non-hydrogen) atoms. The normalized spacial score (nSPS) is 10.7. The molecule has 8 heteroatoms. The smallest absolute Gasteiger partial charge is 0.241 e. The maximum atomic E-state index is 12.0. The second kappa shape index (κ2) is 6.68. The molecule has 0 radical (unpaired) electrons. The van der Waals surface area contributed by atoms with Gasteiger partial charge in [-0.05, 0) is 17.9 Å². The largest absolute Gasteiger partial charge is 0.347 e. The molecule has 0 saturated carbocycles. The summed E-state index contributed by atoms with van der Waals surface area (Å²) < 4.78 is 0. The third-order valence-electron chi connectivity index (χ3n) is 3.05. The third kappa shape index (κ3) is 3.40. The molecule has 0 unspecified atom stereocenters. The van der Waals surface area contributed by atoms with E-state index in [0.717, 1.165) is 29.0 Å². The molecule has 0 fully saturated rings. The van der Waals surface area contributed by atoms with Gasteiger partial charge in [-0.2, -0.15) is 4.98 Å². The van der Waals surface area contributed by atoms with E-state index in [9.17, 15) is 4.79 Å². The van der Waals surface area contributed by atoms with Crippen molar-refractivity contribution in [3.63, 3.8) is 0 Å². The zero-order chi connectivity index (χ0) is 15.4. The molecule has 2 aromatic heterocycles. The summed E-state index contributed by atoms with van der Waals surface area (Å²) in [5.74, 6) is 6.57. The first kappa shape index (κ1) is 15.5. The van der Waals surface area contributed by atoms with Gasteiger partial charge in [-0.25, -0.2) is 10.8 Å². The van der Waals surface area contributed by atoms with Gasteiger partial charge in [0.1, 0.15) is 10.6 Å². The Bertz CT molecular complexity index is 626. The van der Waals surface area contributed by atoms with Gasteiger partial charge in [-0.15, -0.1) is 11.3 Å². The monoisotopic (exact) mass is 308 g/mol. The number of nitrogens with two attached hydrogens (primary N) is 1. The van der Waals surface area contributed by atoms with Crippen LogP contribution in [-0.4, -0.2) is 48.0 Å². The summed E-state index contributed by atoms with van der Waals surface area (Å²) in [5, 5.41) is 2.90. The Morgan fingerprint density at radius 2 is 2.19 bits per heavy atom. The number of carbonyl (C=O) groups excluding carboxylic acids is 1. The van der Waals surface area contributed by atoms with Gasteiger partial charge in [0.2, 0.25) is 11.9 Å². The molecular weight excluding hydrogens is 288 g/mol. The van der Waals surface area contributed by atoms with Crippen molar-refractivity contribution < 1.29 is 4.79 Å². The lowest BCUT2D eigenvalue weighted by molar-refractivity contribution is -0.127. The van der Waals surface area contributed by atoms with Gasteiger partial charge in [0.15, 0.2) is 0 Å². The molecular formula is C13H20N6OS. The Kier molecular flexibility index (Phi) is 4.92. The van der Waals surface area contributed by atoms with Crippen molar-refractivity contribution in [3.8, 4) is 0 Å². The van der Waals surface area contributed by atoms with Crippen molar-refractivity contribution >= 4 is 39.2 Å². The Labute approximate surface area is 127 Å². The lowest BCUT2D eigenvalue weighted by Gasteiger charge is -2.25. The van der Waals surface area contributed by atoms with Crippen LogP contribution in [0, 0.1) is 0 Å². The van der Waals surface area contributed by atoms with Crippen LogP contribution in [0.2, 0.25) is 0 Å². The topological polar surface area (TPSA) is 87.4 Å². The highest BCUT2D eigenvalue weighted by atomic mass is 32.1. The number of rotatable bonds is 6. The fourth-order valence-corrected chi connectivity index (χ4v) is 2.74. The predicted molar refractivity (Wildman–Crippen MR) is 86.4 cm³/mol. The number of aromatic nitrogens is 2. The van der Waals surface area contributed by atoms with E-state index < -0.39 is 0 Å². The number of nitrogens with zero attached hydrogens (tertiary/aromatic N) is 4. The maximum Gasteiger partial charge on any atom is 0.241 e. The van der Waals surface area contributed by atoms with E-state index in [2.05, 4.69) is 22.3 Å². The summed E-state index contributed by atoms with van der Waals surface area (Å²) in [5.41, 5.74) is 2.48. The van der Waals surface area contributed by atoms with Gasteiger partial charge < -0.3 is 9.80 Å². The zero-order valence-corrected chi connectivity index (χ0v) is 13.3. The number of likely N-dealkylation sites (N-methyl/N-ethyl adjacent to an activating group) is 1. The lowest BCUT2D eigenvalue weighted by Crippen LogP contribution is -2.37. The van der Waals surface area contributed by atoms with Gasteiger partial charge in [-0.1, -0.05) is 6.92 Å². The van der Waals surface area contributed by atoms with Crippen LogP contribution in [0.3, 0.4) is 0 Å². The fourth-order valence-electron chi connectivity index (χ4n) is 1.98. The highest BCUT2D eigenvalue weighted by molar-refractivity contribution is 7.16. The summed E-state index contributed by atoms with van der Waals surface area (Å²) >= 11 is 1.52. The van der Waals surface area contributed by atoms with E-state index in [0.29, 0.717) is 5.95 Å². The first-order valence-corrected chi connectivity index (χ1v) is 7.61. The van der Waals surface area contributed by atoms with Crippen LogP contribution in [0.1, 0.15) is 13.3 Å². The summed E-state index contributed by atoms with van der Waals surface area (Å²) in [6.45, 7) is 3.10. The molecule has 0 aliphatic carbocycles. The number of anilines is 2. The molecule has 0 aromatic carbocycles. The van der Waals surface area contributed by atoms with Crippen LogP contribution < -0.4 is 16.2 Å². The molecule has 3 N–H and O–H groups in total. The van der Waals surface area contributed by atoms with E-state index in [4.69, 9.17) is 5.84 Å². The molecule has 0 aliphatic heterocycles. The minimum atomic E-state index is 0.0349. The third-order valence-corrected chi connectivity index (χ3v) is 3.86. The molecule has 114 valence electrons. The number of nitrogens with one attached hydrogen (secondary N) is 1. The summed E-state index contributed by atoms with van der Waals surface area (Å²) in [4.78, 5) is 25.2. The molecule has 2 heterocycles. The number of hydrazine groups is 1. The number of hydrogen-bond donors (Lipinski definition) is 2. The Balaban J connectivity index is 2.43. The summed E-state index contributed by atoms with van der Waals surface area (Å²) in [7, 11) is 3.50. The van der Waals surface area contributed by atoms with Gasteiger partial charge >= 0.3 is 0 Å². The Hall–Kier alpha value is -1.93. The van der Waals surface area contributed by atoms with Gasteiger partial charge in [-0.3, -0.25) is 10.2 Å². The van der Waals surface area contributed by atoms with Crippen LogP contribution in [0.15, 0.2) is 11.4 Å². The average Bonchev–Trinajstić information content (AvgIpc) is 2.93. The molecule has 0 bridgehead atoms. The number of fused-ring (bicyclic) bond motifs is 1. The van der Waals surface area contributed by atoms with E-state index in [1.54, 1.807) is 19.0 Å². The first-order chi connectivity index (χ1) is 10.1. The van der Waals surface area contributed by atoms with Crippen LogP contribution in [0.4, 0.5) is 11.8 Å². The van der Waals surface area contributed by atoms with Crippen LogP contribution in [0.5, 0.6) is 0 Å². The van der Waals surface area contributed by atoms with Crippen LogP contribution in [0.25, 0.3) is 10.2 Å². The second-order valence-electron chi connectivity index (χ2n) is 4.86.